The number of pyridine rings is 1. The maximum absolute atomic E-state index is 12.3. The molecule has 2 heterocycles. The second kappa shape index (κ2) is 8.05. The van der Waals surface area contributed by atoms with Crippen molar-refractivity contribution < 1.29 is 4.79 Å². The summed E-state index contributed by atoms with van der Waals surface area (Å²) in [5.41, 5.74) is 3.87. The number of hydrogen-bond acceptors (Lipinski definition) is 3. The van der Waals surface area contributed by atoms with E-state index in [9.17, 15) is 4.79 Å². The molecule has 0 aliphatic carbocycles. The average Bonchev–Trinajstić information content (AvgIpc) is 3.12. The van der Waals surface area contributed by atoms with Crippen molar-refractivity contribution in [2.75, 3.05) is 6.54 Å². The topological polar surface area (TPSA) is 59.8 Å². The van der Waals surface area contributed by atoms with Crippen molar-refractivity contribution in [3.8, 4) is 0 Å². The zero-order valence-electron chi connectivity index (χ0n) is 15.7. The quantitative estimate of drug-likeness (QED) is 0.558. The Morgan fingerprint density at radius 2 is 1.82 bits per heavy atom. The standard InChI is InChI=1S/C23H22N4O/c1-17(18-8-3-2-4-9-18)27-21-12-6-5-11-20(21)26-22(27)13-15-25-23(28)19-10-7-14-24-16-19/h2-12,14,16-17H,13,15H2,1H3,(H,25,28). The van der Waals surface area contributed by atoms with Gasteiger partial charge in [-0.1, -0.05) is 42.5 Å². The van der Waals surface area contributed by atoms with Crippen molar-refractivity contribution in [1.82, 2.24) is 19.9 Å². The number of hydrogen-bond donors (Lipinski definition) is 1. The van der Waals surface area contributed by atoms with Crippen molar-refractivity contribution in [3.63, 3.8) is 0 Å². The summed E-state index contributed by atoms with van der Waals surface area (Å²) in [5, 5.41) is 2.97. The number of carbonyl (C=O) groups is 1. The molecule has 4 rings (SSSR count). The molecule has 1 amide bonds. The number of aromatic nitrogens is 3. The van der Waals surface area contributed by atoms with Crippen LogP contribution in [-0.2, 0) is 6.42 Å². The third-order valence-corrected chi connectivity index (χ3v) is 4.90. The molecule has 0 bridgehead atoms. The van der Waals surface area contributed by atoms with Gasteiger partial charge < -0.3 is 9.88 Å². The highest BCUT2D eigenvalue weighted by Crippen LogP contribution is 2.26. The minimum Gasteiger partial charge on any atom is -0.352 e. The molecule has 140 valence electrons. The third-order valence-electron chi connectivity index (χ3n) is 4.90. The van der Waals surface area contributed by atoms with Crippen LogP contribution in [0.15, 0.2) is 79.1 Å². The van der Waals surface area contributed by atoms with Crippen molar-refractivity contribution in [1.29, 1.82) is 0 Å². The van der Waals surface area contributed by atoms with Crippen LogP contribution in [0.25, 0.3) is 11.0 Å². The number of rotatable bonds is 6. The molecule has 1 unspecified atom stereocenters. The van der Waals surface area contributed by atoms with Gasteiger partial charge in [0.1, 0.15) is 5.82 Å². The van der Waals surface area contributed by atoms with E-state index in [-0.39, 0.29) is 11.9 Å². The van der Waals surface area contributed by atoms with Crippen LogP contribution in [-0.4, -0.2) is 27.0 Å². The summed E-state index contributed by atoms with van der Waals surface area (Å²) >= 11 is 0. The molecule has 0 fully saturated rings. The van der Waals surface area contributed by atoms with Gasteiger partial charge >= 0.3 is 0 Å². The van der Waals surface area contributed by atoms with Crippen LogP contribution < -0.4 is 5.32 Å². The summed E-state index contributed by atoms with van der Waals surface area (Å²) in [7, 11) is 0. The summed E-state index contributed by atoms with van der Waals surface area (Å²) in [6, 6.07) is 22.2. The number of benzene rings is 2. The van der Waals surface area contributed by atoms with Gasteiger partial charge in [-0.25, -0.2) is 4.98 Å². The minimum absolute atomic E-state index is 0.119. The lowest BCUT2D eigenvalue weighted by molar-refractivity contribution is 0.0953. The molecule has 0 aliphatic rings. The zero-order valence-corrected chi connectivity index (χ0v) is 15.7. The Bertz CT molecular complexity index is 1070. The van der Waals surface area contributed by atoms with Gasteiger partial charge in [0.05, 0.1) is 22.6 Å². The summed E-state index contributed by atoms with van der Waals surface area (Å²) in [6.07, 6.45) is 3.88. The number of nitrogens with one attached hydrogen (secondary N) is 1. The lowest BCUT2D eigenvalue weighted by Gasteiger charge is -2.18. The van der Waals surface area contributed by atoms with Crippen LogP contribution in [0.5, 0.6) is 0 Å². The lowest BCUT2D eigenvalue weighted by Crippen LogP contribution is -2.26. The maximum atomic E-state index is 12.3. The first-order valence-corrected chi connectivity index (χ1v) is 9.43. The van der Waals surface area contributed by atoms with E-state index in [1.165, 1.54) is 5.56 Å². The van der Waals surface area contributed by atoms with Crippen LogP contribution in [0, 0.1) is 0 Å². The smallest absolute Gasteiger partial charge is 0.252 e. The second-order valence-electron chi connectivity index (χ2n) is 6.72. The molecule has 28 heavy (non-hydrogen) atoms. The molecule has 4 aromatic rings. The molecule has 2 aromatic carbocycles. The van der Waals surface area contributed by atoms with E-state index in [1.54, 1.807) is 24.5 Å². The zero-order chi connectivity index (χ0) is 19.3. The molecular formula is C23H22N4O. The number of imidazole rings is 1. The van der Waals surface area contributed by atoms with Gasteiger partial charge in [-0.05, 0) is 36.8 Å². The normalized spacial score (nSPS) is 12.0. The fraction of sp³-hybridized carbons (Fsp3) is 0.174. The molecule has 1 atom stereocenters. The van der Waals surface area contributed by atoms with Crippen molar-refractivity contribution in [2.24, 2.45) is 0 Å². The number of nitrogens with zero attached hydrogens (tertiary/aromatic N) is 3. The Morgan fingerprint density at radius 3 is 2.61 bits per heavy atom. The van der Waals surface area contributed by atoms with Gasteiger partial charge in [0, 0.05) is 25.4 Å². The molecule has 0 spiro atoms. The highest BCUT2D eigenvalue weighted by atomic mass is 16.1. The summed E-state index contributed by atoms with van der Waals surface area (Å²) in [4.78, 5) is 21.1. The van der Waals surface area contributed by atoms with Gasteiger partial charge in [0.15, 0.2) is 0 Å². The van der Waals surface area contributed by atoms with Crippen molar-refractivity contribution in [2.45, 2.75) is 19.4 Å². The Balaban J connectivity index is 1.57. The van der Waals surface area contributed by atoms with Gasteiger partial charge in [0.25, 0.3) is 5.91 Å². The monoisotopic (exact) mass is 370 g/mol. The minimum atomic E-state index is -0.119. The van der Waals surface area contributed by atoms with Crippen LogP contribution in [0.3, 0.4) is 0 Å². The Hall–Kier alpha value is -3.47. The van der Waals surface area contributed by atoms with Gasteiger partial charge in [-0.3, -0.25) is 9.78 Å². The first-order chi connectivity index (χ1) is 13.7. The summed E-state index contributed by atoms with van der Waals surface area (Å²) < 4.78 is 2.26. The number of para-hydroxylation sites is 2. The van der Waals surface area contributed by atoms with E-state index in [1.807, 2.05) is 24.3 Å². The van der Waals surface area contributed by atoms with Crippen LogP contribution >= 0.6 is 0 Å². The predicted octanol–water partition coefficient (Wildman–Crippen LogP) is 4.01. The Labute approximate surface area is 164 Å². The number of fused-ring (bicyclic) bond motifs is 1. The molecular weight excluding hydrogens is 348 g/mol. The predicted molar refractivity (Wildman–Crippen MR) is 110 cm³/mol. The molecule has 5 nitrogen and oxygen atoms in total. The van der Waals surface area contributed by atoms with E-state index in [0.29, 0.717) is 18.5 Å². The fourth-order valence-corrected chi connectivity index (χ4v) is 3.47. The van der Waals surface area contributed by atoms with Gasteiger partial charge in [-0.15, -0.1) is 0 Å². The van der Waals surface area contributed by atoms with E-state index in [4.69, 9.17) is 4.98 Å². The highest BCUT2D eigenvalue weighted by Gasteiger charge is 2.17. The summed E-state index contributed by atoms with van der Waals surface area (Å²) in [6.45, 7) is 2.69. The first kappa shape index (κ1) is 17.9. The molecule has 0 saturated carbocycles. The Kier molecular flexibility index (Phi) is 5.15. The molecule has 0 radical (unpaired) electrons. The molecule has 0 aliphatic heterocycles. The maximum Gasteiger partial charge on any atom is 0.252 e. The lowest BCUT2D eigenvalue weighted by atomic mass is 10.1. The van der Waals surface area contributed by atoms with E-state index >= 15 is 0 Å². The van der Waals surface area contributed by atoms with E-state index < -0.39 is 0 Å². The van der Waals surface area contributed by atoms with E-state index in [0.717, 1.165) is 16.9 Å². The molecule has 1 N–H and O–H groups in total. The largest absolute Gasteiger partial charge is 0.352 e. The number of carbonyl (C=O) groups excluding carboxylic acids is 1. The highest BCUT2D eigenvalue weighted by molar-refractivity contribution is 5.93. The van der Waals surface area contributed by atoms with Gasteiger partial charge in [-0.2, -0.15) is 0 Å². The fourth-order valence-electron chi connectivity index (χ4n) is 3.47. The molecule has 2 aromatic heterocycles. The molecule has 5 heteroatoms. The Morgan fingerprint density at radius 1 is 1.04 bits per heavy atom. The van der Waals surface area contributed by atoms with Gasteiger partial charge in [0.2, 0.25) is 0 Å². The summed E-state index contributed by atoms with van der Waals surface area (Å²) in [5.74, 6) is 0.843. The van der Waals surface area contributed by atoms with Crippen LogP contribution in [0.4, 0.5) is 0 Å². The van der Waals surface area contributed by atoms with Crippen molar-refractivity contribution >= 4 is 16.9 Å². The molecule has 0 saturated heterocycles. The van der Waals surface area contributed by atoms with E-state index in [2.05, 4.69) is 52.1 Å². The van der Waals surface area contributed by atoms with Crippen LogP contribution in [0.1, 0.15) is 34.7 Å². The first-order valence-electron chi connectivity index (χ1n) is 9.43. The average molecular weight is 370 g/mol. The SMILES string of the molecule is CC(c1ccccc1)n1c(CCNC(=O)c2cccnc2)nc2ccccc21. The second-order valence-corrected chi connectivity index (χ2v) is 6.72. The van der Waals surface area contributed by atoms with Crippen LogP contribution in [0.2, 0.25) is 0 Å². The number of amides is 1. The van der Waals surface area contributed by atoms with Crippen molar-refractivity contribution in [3.05, 3.63) is 96.1 Å². The third kappa shape index (κ3) is 3.64.